The number of carbonyl (C=O) groups excluding carboxylic acids is 3. The van der Waals surface area contributed by atoms with E-state index in [1.807, 2.05) is 25.1 Å². The Labute approximate surface area is 221 Å². The van der Waals surface area contributed by atoms with E-state index in [-0.39, 0.29) is 69.1 Å². The number of aromatic hydroxyl groups is 1. The molecule has 9 heteroatoms. The van der Waals surface area contributed by atoms with Crippen molar-refractivity contribution in [2.45, 2.75) is 58.8 Å². The lowest BCUT2D eigenvalue weighted by Gasteiger charge is -2.35. The summed E-state index contributed by atoms with van der Waals surface area (Å²) in [6, 6.07) is 1.93. The van der Waals surface area contributed by atoms with Gasteiger partial charge in [0.1, 0.15) is 11.5 Å². The van der Waals surface area contributed by atoms with Gasteiger partial charge >= 0.3 is 0 Å². The standard InChI is InChI=1S/C28H39NO7.H2O.2H2/c1-15(7-8-30)5-6-18-12-22(29(3)4)20-10-17(11-23(33)26(20)27(18)35)9-19-13-24(34)25(16(2)32)28(36)21(19)14-31;;;/h12,15,17,19,21,30-31,35-36H,5-11,13-14H2,1-4H3;1H2;2*1H. The SMILES string of the molecule is CC(=O)C1=C(O)C(CO)C(CC2CC(=O)c3c(O)c(CCC(C)CCO)cc(N(C)C)c3C2)CC1=O.O.[HH].[HH]. The second-order valence-corrected chi connectivity index (χ2v) is 10.7. The summed E-state index contributed by atoms with van der Waals surface area (Å²) in [5.74, 6) is -2.34. The Hall–Kier alpha value is -2.75. The van der Waals surface area contributed by atoms with Gasteiger partial charge in [0.05, 0.1) is 17.7 Å². The van der Waals surface area contributed by atoms with E-state index >= 15 is 0 Å². The normalized spacial score (nSPS) is 22.4. The van der Waals surface area contributed by atoms with E-state index in [1.165, 1.54) is 6.92 Å². The van der Waals surface area contributed by atoms with Gasteiger partial charge in [-0.05, 0) is 74.0 Å². The van der Waals surface area contributed by atoms with Gasteiger partial charge in [0, 0.05) is 48.0 Å². The molecular weight excluding hydrogens is 478 g/mol. The van der Waals surface area contributed by atoms with E-state index in [1.54, 1.807) is 0 Å². The molecule has 0 radical (unpaired) electrons. The molecule has 0 saturated heterocycles. The van der Waals surface area contributed by atoms with Crippen molar-refractivity contribution in [2.75, 3.05) is 32.2 Å². The van der Waals surface area contributed by atoms with Crippen molar-refractivity contribution in [3.05, 3.63) is 34.1 Å². The zero-order chi connectivity index (χ0) is 26.7. The zero-order valence-corrected chi connectivity index (χ0v) is 22.2. The molecule has 2 aliphatic carbocycles. The van der Waals surface area contributed by atoms with Crippen LogP contribution in [0.5, 0.6) is 5.75 Å². The van der Waals surface area contributed by atoms with Crippen LogP contribution in [0.25, 0.3) is 0 Å². The molecule has 37 heavy (non-hydrogen) atoms. The van der Waals surface area contributed by atoms with E-state index in [9.17, 15) is 34.8 Å². The highest BCUT2D eigenvalue weighted by atomic mass is 16.3. The maximum atomic E-state index is 13.3. The number of ketones is 3. The van der Waals surface area contributed by atoms with Gasteiger partial charge in [0.25, 0.3) is 0 Å². The minimum atomic E-state index is -0.719. The van der Waals surface area contributed by atoms with Gasteiger partial charge in [0.2, 0.25) is 0 Å². The molecule has 0 saturated carbocycles. The van der Waals surface area contributed by atoms with Crippen molar-refractivity contribution in [3.8, 4) is 5.75 Å². The molecule has 2 aliphatic rings. The van der Waals surface area contributed by atoms with Gasteiger partial charge in [-0.15, -0.1) is 0 Å². The predicted octanol–water partition coefficient (Wildman–Crippen LogP) is 2.81. The van der Waals surface area contributed by atoms with Crippen molar-refractivity contribution < 1.29 is 43.1 Å². The van der Waals surface area contributed by atoms with Crippen LogP contribution in [0.3, 0.4) is 0 Å². The largest absolute Gasteiger partial charge is 0.511 e. The number of fused-ring (bicyclic) bond motifs is 1. The molecule has 0 aromatic heterocycles. The average molecular weight is 524 g/mol. The molecule has 0 fully saturated rings. The minimum absolute atomic E-state index is 0. The van der Waals surface area contributed by atoms with Gasteiger partial charge in [-0.3, -0.25) is 14.4 Å². The molecule has 210 valence electrons. The number of aliphatic hydroxyl groups is 3. The lowest BCUT2D eigenvalue weighted by molar-refractivity contribution is -0.123. The number of allylic oxidation sites excluding steroid dienone is 1. The van der Waals surface area contributed by atoms with Crippen LogP contribution in [0.15, 0.2) is 17.4 Å². The van der Waals surface area contributed by atoms with E-state index in [0.717, 1.165) is 23.2 Å². The third-order valence-corrected chi connectivity index (χ3v) is 7.81. The van der Waals surface area contributed by atoms with E-state index in [2.05, 4.69) is 6.92 Å². The zero-order valence-electron chi connectivity index (χ0n) is 22.2. The molecule has 0 heterocycles. The first-order chi connectivity index (χ1) is 17.0. The van der Waals surface area contributed by atoms with Gasteiger partial charge in [-0.2, -0.15) is 0 Å². The summed E-state index contributed by atoms with van der Waals surface area (Å²) in [5, 5.41) is 40.7. The maximum Gasteiger partial charge on any atom is 0.170 e. The van der Waals surface area contributed by atoms with Gasteiger partial charge in [-0.1, -0.05) is 6.92 Å². The summed E-state index contributed by atoms with van der Waals surface area (Å²) in [6.45, 7) is 3.01. The van der Waals surface area contributed by atoms with Gasteiger partial charge < -0.3 is 30.8 Å². The molecule has 3 rings (SSSR count). The number of hydrogen-bond donors (Lipinski definition) is 4. The van der Waals surface area contributed by atoms with Crippen LogP contribution in [0, 0.1) is 23.7 Å². The third-order valence-electron chi connectivity index (χ3n) is 7.81. The molecule has 9 nitrogen and oxygen atoms in total. The second-order valence-electron chi connectivity index (χ2n) is 10.7. The number of benzene rings is 1. The molecular formula is C28H45NO8. The van der Waals surface area contributed by atoms with Crippen LogP contribution in [-0.4, -0.2) is 70.6 Å². The smallest absolute Gasteiger partial charge is 0.170 e. The fraction of sp³-hybridized carbons (Fsp3) is 0.607. The molecule has 0 spiro atoms. The quantitative estimate of drug-likeness (QED) is 0.340. The fourth-order valence-corrected chi connectivity index (χ4v) is 5.83. The Morgan fingerprint density at radius 1 is 1.11 bits per heavy atom. The highest BCUT2D eigenvalue weighted by Gasteiger charge is 2.40. The van der Waals surface area contributed by atoms with E-state index < -0.39 is 17.5 Å². The topological polar surface area (TPSA) is 167 Å². The summed E-state index contributed by atoms with van der Waals surface area (Å²) in [4.78, 5) is 39.6. The van der Waals surface area contributed by atoms with E-state index in [4.69, 9.17) is 0 Å². The first kappa shape index (κ1) is 30.5. The Balaban J connectivity index is 0.00000481. The summed E-state index contributed by atoms with van der Waals surface area (Å²) in [6.07, 6.45) is 3.27. The van der Waals surface area contributed by atoms with Crippen molar-refractivity contribution in [1.82, 2.24) is 0 Å². The number of hydrogen-bond acceptors (Lipinski definition) is 8. The number of aryl methyl sites for hydroxylation is 1. The summed E-state index contributed by atoms with van der Waals surface area (Å²) in [7, 11) is 3.79. The lowest BCUT2D eigenvalue weighted by Crippen LogP contribution is -2.35. The summed E-state index contributed by atoms with van der Waals surface area (Å²) < 4.78 is 0. The molecule has 4 atom stereocenters. The fourth-order valence-electron chi connectivity index (χ4n) is 5.83. The Morgan fingerprint density at radius 2 is 1.78 bits per heavy atom. The van der Waals surface area contributed by atoms with Crippen LogP contribution in [0.1, 0.15) is 70.3 Å². The van der Waals surface area contributed by atoms with Crippen LogP contribution in [0.2, 0.25) is 0 Å². The maximum absolute atomic E-state index is 13.3. The van der Waals surface area contributed by atoms with Crippen LogP contribution in [0.4, 0.5) is 5.69 Å². The Bertz CT molecular complexity index is 1070. The first-order valence-electron chi connectivity index (χ1n) is 12.8. The Morgan fingerprint density at radius 3 is 2.35 bits per heavy atom. The molecule has 1 aromatic carbocycles. The third kappa shape index (κ3) is 6.40. The number of rotatable bonds is 10. The average Bonchev–Trinajstić information content (AvgIpc) is 2.78. The Kier molecular flexibility index (Phi) is 10.4. The molecule has 0 amide bonds. The van der Waals surface area contributed by atoms with Crippen molar-refractivity contribution in [2.24, 2.45) is 23.7 Å². The van der Waals surface area contributed by atoms with Crippen LogP contribution < -0.4 is 4.90 Å². The van der Waals surface area contributed by atoms with Crippen LogP contribution in [-0.2, 0) is 22.4 Å². The van der Waals surface area contributed by atoms with Gasteiger partial charge in [-0.25, -0.2) is 0 Å². The number of Topliss-reactive ketones (excluding diaryl/α,β-unsaturated/α-hetero) is 3. The number of phenols is 1. The van der Waals surface area contributed by atoms with Crippen molar-refractivity contribution >= 4 is 23.0 Å². The second kappa shape index (κ2) is 12.7. The highest BCUT2D eigenvalue weighted by molar-refractivity contribution is 6.20. The minimum Gasteiger partial charge on any atom is -0.511 e. The number of phenolic OH excluding ortho intramolecular Hbond substituents is 1. The molecule has 1 aromatic rings. The number of nitrogens with zero attached hydrogens (tertiary/aromatic N) is 1. The highest BCUT2D eigenvalue weighted by Crippen LogP contribution is 2.44. The first-order valence-corrected chi connectivity index (χ1v) is 12.8. The summed E-state index contributed by atoms with van der Waals surface area (Å²) in [5.41, 5.74) is 2.50. The molecule has 0 aliphatic heterocycles. The molecule has 6 N–H and O–H groups in total. The monoisotopic (exact) mass is 523 g/mol. The molecule has 4 unspecified atom stereocenters. The van der Waals surface area contributed by atoms with Crippen LogP contribution >= 0.6 is 0 Å². The number of carbonyl (C=O) groups is 3. The lowest BCUT2D eigenvalue weighted by atomic mass is 9.70. The summed E-state index contributed by atoms with van der Waals surface area (Å²) >= 11 is 0. The predicted molar refractivity (Wildman–Crippen MR) is 144 cm³/mol. The van der Waals surface area contributed by atoms with Crippen molar-refractivity contribution in [1.29, 1.82) is 0 Å². The molecule has 0 bridgehead atoms. The van der Waals surface area contributed by atoms with Crippen molar-refractivity contribution in [3.63, 3.8) is 0 Å². The van der Waals surface area contributed by atoms with E-state index in [0.29, 0.717) is 37.2 Å². The van der Waals surface area contributed by atoms with Gasteiger partial charge in [0.15, 0.2) is 17.3 Å². The number of aliphatic hydroxyl groups excluding tert-OH is 3. The number of anilines is 1.